The third-order valence-corrected chi connectivity index (χ3v) is 3.40. The molecule has 1 nitrogen and oxygen atoms in total. The fraction of sp³-hybridized carbons (Fsp3) is 0.250. The molecule has 1 aliphatic heterocycles. The first-order chi connectivity index (χ1) is 8.09. The van der Waals surface area contributed by atoms with Gasteiger partial charge in [0.1, 0.15) is 0 Å². The van der Waals surface area contributed by atoms with Crippen LogP contribution in [0.25, 0.3) is 5.57 Å². The zero-order valence-corrected chi connectivity index (χ0v) is 9.68. The average molecular weight is 257 g/mol. The summed E-state index contributed by atoms with van der Waals surface area (Å²) in [5.74, 6) is 0.363. The highest BCUT2D eigenvalue weighted by atomic mass is 32.2. The largest absolute Gasteiger partial charge is 0.422 e. The third kappa shape index (κ3) is 2.91. The number of alkyl halides is 3. The van der Waals surface area contributed by atoms with Gasteiger partial charge in [-0.1, -0.05) is 30.3 Å². The second-order valence-electron chi connectivity index (χ2n) is 3.49. The number of halogens is 3. The number of benzene rings is 1. The second kappa shape index (κ2) is 4.96. The van der Waals surface area contributed by atoms with Crippen molar-refractivity contribution in [1.82, 2.24) is 0 Å². The van der Waals surface area contributed by atoms with Crippen molar-refractivity contribution in [2.45, 2.75) is 6.18 Å². The van der Waals surface area contributed by atoms with E-state index >= 15 is 0 Å². The van der Waals surface area contributed by atoms with Crippen molar-refractivity contribution in [2.75, 3.05) is 12.3 Å². The number of hydrogen-bond donors (Lipinski definition) is 0. The molecule has 0 aliphatic carbocycles. The van der Waals surface area contributed by atoms with Gasteiger partial charge in [0, 0.05) is 24.1 Å². The first-order valence-electron chi connectivity index (χ1n) is 5.08. The Morgan fingerprint density at radius 3 is 2.47 bits per heavy atom. The Kier molecular flexibility index (Phi) is 3.57. The molecule has 0 amide bonds. The number of rotatable bonds is 1. The van der Waals surface area contributed by atoms with E-state index in [1.165, 1.54) is 6.21 Å². The molecule has 2 rings (SSSR count). The van der Waals surface area contributed by atoms with Gasteiger partial charge in [0.15, 0.2) is 0 Å². The summed E-state index contributed by atoms with van der Waals surface area (Å²) in [6.07, 6.45) is -2.98. The zero-order chi connectivity index (χ0) is 12.3. The van der Waals surface area contributed by atoms with E-state index in [9.17, 15) is 13.2 Å². The average Bonchev–Trinajstić information content (AvgIpc) is 2.54. The first kappa shape index (κ1) is 12.2. The number of hydrogen-bond acceptors (Lipinski definition) is 2. The van der Waals surface area contributed by atoms with Crippen LogP contribution < -0.4 is 0 Å². The van der Waals surface area contributed by atoms with Gasteiger partial charge in [-0.3, -0.25) is 4.99 Å². The lowest BCUT2D eigenvalue weighted by Gasteiger charge is -2.13. The van der Waals surface area contributed by atoms with E-state index in [1.54, 1.807) is 30.3 Å². The molecule has 1 aromatic rings. The van der Waals surface area contributed by atoms with Crippen molar-refractivity contribution >= 4 is 23.5 Å². The number of nitrogens with zero attached hydrogens (tertiary/aromatic N) is 1. The van der Waals surface area contributed by atoms with Crippen molar-refractivity contribution in [3.8, 4) is 0 Å². The minimum Gasteiger partial charge on any atom is -0.292 e. The summed E-state index contributed by atoms with van der Waals surface area (Å²) in [6, 6.07) is 8.55. The minimum atomic E-state index is -4.31. The molecule has 0 N–H and O–H groups in total. The smallest absolute Gasteiger partial charge is 0.292 e. The lowest BCUT2D eigenvalue weighted by Crippen LogP contribution is -2.12. The van der Waals surface area contributed by atoms with Crippen molar-refractivity contribution in [3.63, 3.8) is 0 Å². The summed E-state index contributed by atoms with van der Waals surface area (Å²) in [6.45, 7) is 0.417. The Morgan fingerprint density at radius 2 is 1.82 bits per heavy atom. The van der Waals surface area contributed by atoms with Gasteiger partial charge in [0.25, 0.3) is 0 Å². The Labute approximate surface area is 101 Å². The van der Waals surface area contributed by atoms with E-state index in [4.69, 9.17) is 0 Å². The molecule has 0 atom stereocenters. The molecule has 90 valence electrons. The molecule has 1 aliphatic rings. The monoisotopic (exact) mass is 257 g/mol. The summed E-state index contributed by atoms with van der Waals surface area (Å²) in [7, 11) is 0. The maximum Gasteiger partial charge on any atom is 0.422 e. The van der Waals surface area contributed by atoms with E-state index in [0.717, 1.165) is 11.8 Å². The van der Waals surface area contributed by atoms with Crippen molar-refractivity contribution in [1.29, 1.82) is 0 Å². The third-order valence-electron chi connectivity index (χ3n) is 2.27. The van der Waals surface area contributed by atoms with Crippen molar-refractivity contribution in [3.05, 3.63) is 40.8 Å². The summed E-state index contributed by atoms with van der Waals surface area (Å²) < 4.78 is 38.8. The Balaban J connectivity index is 2.53. The normalized spacial score (nSPS) is 17.1. The standard InChI is InChI=1S/C12H10F3NS/c13-12(14,15)11-10(8-16-6-7-17-11)9-4-2-1-3-5-9/h1-5,8H,6-7H2. The molecule has 1 heterocycles. The molecule has 17 heavy (non-hydrogen) atoms. The van der Waals surface area contributed by atoms with Gasteiger partial charge in [-0.05, 0) is 5.56 Å². The van der Waals surface area contributed by atoms with Crippen molar-refractivity contribution < 1.29 is 13.2 Å². The van der Waals surface area contributed by atoms with Gasteiger partial charge >= 0.3 is 6.18 Å². The van der Waals surface area contributed by atoms with E-state index in [1.807, 2.05) is 0 Å². The number of aliphatic imine (C=N–C) groups is 1. The predicted octanol–water partition coefficient (Wildman–Crippen LogP) is 3.78. The maximum absolute atomic E-state index is 12.9. The van der Waals surface area contributed by atoms with Gasteiger partial charge in [0.05, 0.1) is 4.91 Å². The molecule has 5 heteroatoms. The summed E-state index contributed by atoms with van der Waals surface area (Å²) >= 11 is 0.824. The molecule has 0 saturated carbocycles. The Bertz CT molecular complexity index is 449. The lowest BCUT2D eigenvalue weighted by molar-refractivity contribution is -0.0829. The highest BCUT2D eigenvalue weighted by Gasteiger charge is 2.37. The zero-order valence-electron chi connectivity index (χ0n) is 8.87. The van der Waals surface area contributed by atoms with E-state index < -0.39 is 11.1 Å². The number of allylic oxidation sites excluding steroid dienone is 2. The van der Waals surface area contributed by atoms with Crippen LogP contribution in [0.15, 0.2) is 40.2 Å². The predicted molar refractivity (Wildman–Crippen MR) is 65.2 cm³/mol. The molecule has 0 unspecified atom stereocenters. The van der Waals surface area contributed by atoms with E-state index in [2.05, 4.69) is 4.99 Å². The Hall–Kier alpha value is -1.23. The van der Waals surface area contributed by atoms with Crippen LogP contribution in [0.3, 0.4) is 0 Å². The van der Waals surface area contributed by atoms with Gasteiger partial charge in [-0.15, -0.1) is 11.8 Å². The minimum absolute atomic E-state index is 0.167. The number of thioether (sulfide) groups is 1. The van der Waals surface area contributed by atoms with E-state index in [0.29, 0.717) is 17.9 Å². The van der Waals surface area contributed by atoms with Gasteiger partial charge < -0.3 is 0 Å². The second-order valence-corrected chi connectivity index (χ2v) is 4.60. The summed E-state index contributed by atoms with van der Waals surface area (Å²) in [5, 5.41) is 0. The van der Waals surface area contributed by atoms with Gasteiger partial charge in [-0.25, -0.2) is 0 Å². The van der Waals surface area contributed by atoms with Crippen LogP contribution in [0.1, 0.15) is 5.56 Å². The van der Waals surface area contributed by atoms with E-state index in [-0.39, 0.29) is 5.57 Å². The molecular weight excluding hydrogens is 247 g/mol. The molecule has 0 spiro atoms. The summed E-state index contributed by atoms with van der Waals surface area (Å²) in [4.78, 5) is 3.44. The molecule has 0 fully saturated rings. The quantitative estimate of drug-likeness (QED) is 0.745. The van der Waals surface area contributed by atoms with Crippen LogP contribution in [-0.2, 0) is 0 Å². The molecule has 1 aromatic carbocycles. The van der Waals surface area contributed by atoms with Gasteiger partial charge in [-0.2, -0.15) is 13.2 Å². The SMILES string of the molecule is FC(F)(F)C1=C(c2ccccc2)C=NCCS1. The molecule has 0 bridgehead atoms. The fourth-order valence-corrected chi connectivity index (χ4v) is 2.44. The first-order valence-corrected chi connectivity index (χ1v) is 6.07. The van der Waals surface area contributed by atoms with Crippen LogP contribution in [0.4, 0.5) is 13.2 Å². The molecular formula is C12H10F3NS. The van der Waals surface area contributed by atoms with Gasteiger partial charge in [0.2, 0.25) is 0 Å². The highest BCUT2D eigenvalue weighted by Crippen LogP contribution is 2.40. The molecule has 0 radical (unpaired) electrons. The van der Waals surface area contributed by atoms with Crippen LogP contribution in [0.5, 0.6) is 0 Å². The fourth-order valence-electron chi connectivity index (χ4n) is 1.55. The highest BCUT2D eigenvalue weighted by molar-refractivity contribution is 8.03. The van der Waals surface area contributed by atoms with Crippen LogP contribution in [-0.4, -0.2) is 24.7 Å². The molecule has 0 aromatic heterocycles. The van der Waals surface area contributed by atoms with Crippen LogP contribution >= 0.6 is 11.8 Å². The lowest BCUT2D eigenvalue weighted by atomic mass is 10.1. The maximum atomic E-state index is 12.9. The topological polar surface area (TPSA) is 12.4 Å². The summed E-state index contributed by atoms with van der Waals surface area (Å²) in [5.41, 5.74) is 0.721. The van der Waals surface area contributed by atoms with Crippen molar-refractivity contribution in [2.24, 2.45) is 4.99 Å². The molecule has 0 saturated heterocycles. The Morgan fingerprint density at radius 1 is 1.12 bits per heavy atom. The van der Waals surface area contributed by atoms with Crippen LogP contribution in [0, 0.1) is 0 Å². The van der Waals surface area contributed by atoms with Crippen LogP contribution in [0.2, 0.25) is 0 Å².